The molecule has 0 spiro atoms. The molecule has 0 aliphatic carbocycles. The maximum atomic E-state index is 10.3. The van der Waals surface area contributed by atoms with Gasteiger partial charge in [0, 0.05) is 0 Å². The van der Waals surface area contributed by atoms with Gasteiger partial charge in [0.2, 0.25) is 0 Å². The van der Waals surface area contributed by atoms with E-state index in [0.717, 1.165) is 11.1 Å². The van der Waals surface area contributed by atoms with Crippen LogP contribution in [0.1, 0.15) is 12.5 Å². The Labute approximate surface area is 88.5 Å². The number of carbonyl (C=O) groups excluding carboxylic acids is 1. The minimum absolute atomic E-state index is 0.668. The van der Waals surface area contributed by atoms with Crippen LogP contribution in [-0.4, -0.2) is 12.2 Å². The van der Waals surface area contributed by atoms with E-state index in [4.69, 9.17) is 5.73 Å². The Balaban J connectivity index is 2.61. The van der Waals surface area contributed by atoms with Crippen LogP contribution < -0.4 is 11.2 Å². The fraction of sp³-hybridized carbons (Fsp3) is 0.0909. The second-order valence-corrected chi connectivity index (χ2v) is 3.03. The standard InChI is InChI=1S/C11H13N3O/c1-9(8-13-14-11(12)15)7-10-5-3-2-4-6-10/h2-8H,1H3,(H3,12,14,15)/b9-7-,13-8?. The zero-order chi connectivity index (χ0) is 11.1. The highest BCUT2D eigenvalue weighted by Gasteiger charge is 1.88. The number of carbonyl (C=O) groups is 1. The van der Waals surface area contributed by atoms with Gasteiger partial charge < -0.3 is 5.73 Å². The molecule has 0 bridgehead atoms. The number of rotatable bonds is 3. The summed E-state index contributed by atoms with van der Waals surface area (Å²) in [5.41, 5.74) is 8.99. The van der Waals surface area contributed by atoms with Gasteiger partial charge in [0.15, 0.2) is 0 Å². The van der Waals surface area contributed by atoms with Crippen LogP contribution in [0.3, 0.4) is 0 Å². The predicted molar refractivity (Wildman–Crippen MR) is 61.3 cm³/mol. The van der Waals surface area contributed by atoms with Crippen molar-refractivity contribution in [3.8, 4) is 0 Å². The number of amides is 2. The number of hydrazone groups is 1. The first kappa shape index (κ1) is 11.0. The van der Waals surface area contributed by atoms with Crippen LogP contribution in [0.4, 0.5) is 4.79 Å². The molecule has 78 valence electrons. The molecule has 15 heavy (non-hydrogen) atoms. The van der Waals surface area contributed by atoms with Crippen LogP contribution in [-0.2, 0) is 0 Å². The quantitative estimate of drug-likeness (QED) is 0.570. The largest absolute Gasteiger partial charge is 0.350 e. The van der Waals surface area contributed by atoms with E-state index in [-0.39, 0.29) is 0 Å². The average Bonchev–Trinajstić information content (AvgIpc) is 2.18. The molecule has 2 amide bonds. The molecule has 4 nitrogen and oxygen atoms in total. The van der Waals surface area contributed by atoms with Crippen molar-refractivity contribution < 1.29 is 4.79 Å². The van der Waals surface area contributed by atoms with Crippen molar-refractivity contribution in [3.05, 3.63) is 41.5 Å². The normalized spacial score (nSPS) is 11.7. The molecule has 1 aromatic carbocycles. The summed E-state index contributed by atoms with van der Waals surface area (Å²) in [6.45, 7) is 1.89. The summed E-state index contributed by atoms with van der Waals surface area (Å²) in [5, 5.41) is 3.65. The Bertz CT molecular complexity index is 382. The summed E-state index contributed by atoms with van der Waals surface area (Å²) in [4.78, 5) is 10.3. The number of nitrogens with two attached hydrogens (primary N) is 1. The number of hydrogen-bond donors (Lipinski definition) is 2. The van der Waals surface area contributed by atoms with E-state index in [0.29, 0.717) is 0 Å². The predicted octanol–water partition coefficient (Wildman–Crippen LogP) is 1.74. The molecule has 0 aromatic heterocycles. The van der Waals surface area contributed by atoms with Crippen molar-refractivity contribution in [2.45, 2.75) is 6.92 Å². The highest BCUT2D eigenvalue weighted by atomic mass is 16.2. The number of urea groups is 1. The van der Waals surface area contributed by atoms with Gasteiger partial charge in [-0.05, 0) is 18.1 Å². The first-order valence-electron chi connectivity index (χ1n) is 4.50. The first-order valence-corrected chi connectivity index (χ1v) is 4.50. The lowest BCUT2D eigenvalue weighted by Gasteiger charge is -1.94. The molecule has 0 fully saturated rings. The SMILES string of the molecule is C/C(C=NNC(N)=O)=C/c1ccccc1. The summed E-state index contributed by atoms with van der Waals surface area (Å²) >= 11 is 0. The highest BCUT2D eigenvalue weighted by Crippen LogP contribution is 2.04. The van der Waals surface area contributed by atoms with Gasteiger partial charge in [-0.2, -0.15) is 5.10 Å². The van der Waals surface area contributed by atoms with Crippen molar-refractivity contribution in [1.82, 2.24) is 5.43 Å². The number of allylic oxidation sites excluding steroid dienone is 1. The Hall–Kier alpha value is -2.10. The van der Waals surface area contributed by atoms with Crippen molar-refractivity contribution >= 4 is 18.3 Å². The third kappa shape index (κ3) is 4.61. The van der Waals surface area contributed by atoms with Crippen LogP contribution in [0.5, 0.6) is 0 Å². The van der Waals surface area contributed by atoms with Crippen LogP contribution in [0.2, 0.25) is 0 Å². The molecular weight excluding hydrogens is 190 g/mol. The fourth-order valence-corrected chi connectivity index (χ4v) is 1.05. The summed E-state index contributed by atoms with van der Waals surface area (Å²) in [5.74, 6) is 0. The van der Waals surface area contributed by atoms with Gasteiger partial charge in [-0.15, -0.1) is 0 Å². The second-order valence-electron chi connectivity index (χ2n) is 3.03. The average molecular weight is 203 g/mol. The van der Waals surface area contributed by atoms with Crippen molar-refractivity contribution in [2.24, 2.45) is 10.8 Å². The number of nitrogens with zero attached hydrogens (tertiary/aromatic N) is 1. The molecule has 1 rings (SSSR count). The summed E-state index contributed by atoms with van der Waals surface area (Å²) in [6, 6.07) is 9.17. The third-order valence-electron chi connectivity index (χ3n) is 1.64. The van der Waals surface area contributed by atoms with Crippen molar-refractivity contribution in [2.75, 3.05) is 0 Å². The molecule has 0 radical (unpaired) electrons. The van der Waals surface area contributed by atoms with E-state index in [1.54, 1.807) is 0 Å². The molecule has 0 saturated heterocycles. The lowest BCUT2D eigenvalue weighted by molar-refractivity contribution is 0.249. The minimum atomic E-state index is -0.668. The van der Waals surface area contributed by atoms with Crippen LogP contribution in [0.25, 0.3) is 6.08 Å². The number of benzene rings is 1. The molecule has 1 aromatic rings. The molecule has 0 unspecified atom stereocenters. The van der Waals surface area contributed by atoms with Gasteiger partial charge in [0.25, 0.3) is 0 Å². The van der Waals surface area contributed by atoms with Gasteiger partial charge in [0.1, 0.15) is 0 Å². The van der Waals surface area contributed by atoms with Crippen LogP contribution >= 0.6 is 0 Å². The fourth-order valence-electron chi connectivity index (χ4n) is 1.05. The Morgan fingerprint density at radius 2 is 2.07 bits per heavy atom. The topological polar surface area (TPSA) is 67.5 Å². The Morgan fingerprint density at radius 3 is 2.67 bits per heavy atom. The lowest BCUT2D eigenvalue weighted by Crippen LogP contribution is -2.24. The Kier molecular flexibility index (Phi) is 4.09. The van der Waals surface area contributed by atoms with Crippen molar-refractivity contribution in [1.29, 1.82) is 0 Å². The zero-order valence-electron chi connectivity index (χ0n) is 8.47. The molecule has 4 heteroatoms. The van der Waals surface area contributed by atoms with Crippen LogP contribution in [0, 0.1) is 0 Å². The number of nitrogens with one attached hydrogen (secondary N) is 1. The van der Waals surface area contributed by atoms with Crippen LogP contribution in [0.15, 0.2) is 41.0 Å². The maximum Gasteiger partial charge on any atom is 0.332 e. The summed E-state index contributed by atoms with van der Waals surface area (Å²) < 4.78 is 0. The van der Waals surface area contributed by atoms with E-state index >= 15 is 0 Å². The highest BCUT2D eigenvalue weighted by molar-refractivity contribution is 5.85. The minimum Gasteiger partial charge on any atom is -0.350 e. The summed E-state index contributed by atoms with van der Waals surface area (Å²) in [7, 11) is 0. The zero-order valence-corrected chi connectivity index (χ0v) is 8.47. The molecular formula is C11H13N3O. The smallest absolute Gasteiger partial charge is 0.332 e. The lowest BCUT2D eigenvalue weighted by atomic mass is 10.1. The molecule has 3 N–H and O–H groups in total. The molecule has 0 aliphatic rings. The monoisotopic (exact) mass is 203 g/mol. The second kappa shape index (κ2) is 5.59. The Morgan fingerprint density at radius 1 is 1.40 bits per heavy atom. The number of hydrogen-bond acceptors (Lipinski definition) is 2. The van der Waals surface area contributed by atoms with E-state index in [2.05, 4.69) is 10.5 Å². The number of primary amides is 1. The van der Waals surface area contributed by atoms with Gasteiger partial charge in [-0.1, -0.05) is 36.4 Å². The van der Waals surface area contributed by atoms with E-state index in [9.17, 15) is 4.79 Å². The van der Waals surface area contributed by atoms with Gasteiger partial charge in [-0.25, -0.2) is 10.2 Å². The maximum absolute atomic E-state index is 10.3. The summed E-state index contributed by atoms with van der Waals surface area (Å²) in [6.07, 6.45) is 3.49. The van der Waals surface area contributed by atoms with E-state index in [1.165, 1.54) is 6.21 Å². The molecule has 0 atom stereocenters. The van der Waals surface area contributed by atoms with E-state index in [1.807, 2.05) is 43.3 Å². The van der Waals surface area contributed by atoms with Crippen molar-refractivity contribution in [3.63, 3.8) is 0 Å². The van der Waals surface area contributed by atoms with E-state index < -0.39 is 6.03 Å². The molecule has 0 aliphatic heterocycles. The van der Waals surface area contributed by atoms with Gasteiger partial charge in [0.05, 0.1) is 6.21 Å². The molecule has 0 saturated carbocycles. The first-order chi connectivity index (χ1) is 7.18. The molecule has 0 heterocycles. The third-order valence-corrected chi connectivity index (χ3v) is 1.64. The van der Waals surface area contributed by atoms with Gasteiger partial charge in [-0.3, -0.25) is 0 Å². The van der Waals surface area contributed by atoms with Gasteiger partial charge >= 0.3 is 6.03 Å².